The van der Waals surface area contributed by atoms with Crippen molar-refractivity contribution in [1.29, 1.82) is 0 Å². The third-order valence-electron chi connectivity index (χ3n) is 1.98. The predicted octanol–water partition coefficient (Wildman–Crippen LogP) is 2.28. The van der Waals surface area contributed by atoms with E-state index in [1.54, 1.807) is 20.8 Å². The molecular weight excluding hydrogens is 214 g/mol. The average Bonchev–Trinajstić information content (AvgIpc) is 2.02. The summed E-state index contributed by atoms with van der Waals surface area (Å²) in [6.45, 7) is 3.94. The van der Waals surface area contributed by atoms with Gasteiger partial charge in [0, 0.05) is 6.54 Å². The van der Waals surface area contributed by atoms with E-state index >= 15 is 0 Å². The molecule has 0 saturated carbocycles. The van der Waals surface area contributed by atoms with Crippen molar-refractivity contribution in [3.63, 3.8) is 0 Å². The lowest BCUT2D eigenvalue weighted by atomic mass is 9.89. The second-order valence-electron chi connectivity index (χ2n) is 4.46. The minimum Gasteiger partial charge on any atom is -0.370 e. The molecule has 0 amide bonds. The van der Waals surface area contributed by atoms with Crippen LogP contribution in [0, 0.1) is 5.41 Å². The summed E-state index contributed by atoms with van der Waals surface area (Å²) >= 11 is 0. The maximum atomic E-state index is 12.5. The van der Waals surface area contributed by atoms with E-state index in [9.17, 15) is 17.6 Å². The van der Waals surface area contributed by atoms with Crippen LogP contribution in [0.3, 0.4) is 0 Å². The zero-order valence-corrected chi connectivity index (χ0v) is 9.07. The first kappa shape index (κ1) is 14.6. The summed E-state index contributed by atoms with van der Waals surface area (Å²) < 4.78 is 53.4. The molecule has 15 heavy (non-hydrogen) atoms. The fourth-order valence-electron chi connectivity index (χ4n) is 0.946. The van der Waals surface area contributed by atoms with E-state index < -0.39 is 30.5 Å². The highest BCUT2D eigenvalue weighted by Crippen LogP contribution is 2.27. The van der Waals surface area contributed by atoms with Gasteiger partial charge in [-0.25, -0.2) is 8.78 Å². The van der Waals surface area contributed by atoms with Crippen molar-refractivity contribution in [2.75, 3.05) is 13.2 Å². The first-order chi connectivity index (χ1) is 6.61. The van der Waals surface area contributed by atoms with Crippen LogP contribution in [-0.2, 0) is 4.74 Å². The second kappa shape index (κ2) is 5.12. The van der Waals surface area contributed by atoms with Gasteiger partial charge in [-0.05, 0) is 5.41 Å². The fourth-order valence-corrected chi connectivity index (χ4v) is 0.946. The zero-order chi connectivity index (χ0) is 12.3. The number of hydrogen-bond donors (Lipinski definition) is 1. The van der Waals surface area contributed by atoms with Crippen LogP contribution in [0.5, 0.6) is 0 Å². The Balaban J connectivity index is 4.24. The summed E-state index contributed by atoms with van der Waals surface area (Å²) in [5, 5.41) is 0. The smallest absolute Gasteiger partial charge is 0.330 e. The van der Waals surface area contributed by atoms with Crippen LogP contribution in [0.1, 0.15) is 20.8 Å². The van der Waals surface area contributed by atoms with Crippen LogP contribution in [0.2, 0.25) is 0 Å². The van der Waals surface area contributed by atoms with E-state index in [1.165, 1.54) is 0 Å². The number of hydrogen-bond acceptors (Lipinski definition) is 2. The Kier molecular flexibility index (Phi) is 4.99. The molecule has 0 aromatic rings. The molecule has 2 nitrogen and oxygen atoms in total. The third-order valence-corrected chi connectivity index (χ3v) is 1.98. The Morgan fingerprint density at radius 3 is 1.93 bits per heavy atom. The SMILES string of the molecule is CC(C)(C)C(CN)OCC(F)(F)C(F)F. The summed E-state index contributed by atoms with van der Waals surface area (Å²) in [7, 11) is 0. The summed E-state index contributed by atoms with van der Waals surface area (Å²) in [5.41, 5.74) is 4.86. The van der Waals surface area contributed by atoms with Crippen molar-refractivity contribution in [2.24, 2.45) is 11.1 Å². The molecule has 92 valence electrons. The van der Waals surface area contributed by atoms with Crippen LogP contribution in [0.15, 0.2) is 0 Å². The molecule has 0 aliphatic rings. The highest BCUT2D eigenvalue weighted by Gasteiger charge is 2.42. The molecule has 0 heterocycles. The highest BCUT2D eigenvalue weighted by atomic mass is 19.3. The quantitative estimate of drug-likeness (QED) is 0.737. The lowest BCUT2D eigenvalue weighted by molar-refractivity contribution is -0.184. The van der Waals surface area contributed by atoms with Crippen molar-refractivity contribution < 1.29 is 22.3 Å². The summed E-state index contributed by atoms with van der Waals surface area (Å²) in [4.78, 5) is 0. The van der Waals surface area contributed by atoms with Gasteiger partial charge in [-0.2, -0.15) is 8.78 Å². The number of ether oxygens (including phenoxy) is 1. The summed E-state index contributed by atoms with van der Waals surface area (Å²) in [5.74, 6) is -4.11. The van der Waals surface area contributed by atoms with Crippen LogP contribution in [0.4, 0.5) is 17.6 Å². The van der Waals surface area contributed by atoms with Gasteiger partial charge in [-0.3, -0.25) is 0 Å². The monoisotopic (exact) mass is 231 g/mol. The van der Waals surface area contributed by atoms with Crippen molar-refractivity contribution >= 4 is 0 Å². The largest absolute Gasteiger partial charge is 0.370 e. The molecule has 0 aliphatic carbocycles. The van der Waals surface area contributed by atoms with Gasteiger partial charge in [-0.1, -0.05) is 20.8 Å². The van der Waals surface area contributed by atoms with E-state index in [2.05, 4.69) is 0 Å². The number of nitrogens with two attached hydrogens (primary N) is 1. The Hall–Kier alpha value is -0.360. The van der Waals surface area contributed by atoms with Gasteiger partial charge < -0.3 is 10.5 Å². The molecule has 2 N–H and O–H groups in total. The average molecular weight is 231 g/mol. The van der Waals surface area contributed by atoms with Gasteiger partial charge in [-0.15, -0.1) is 0 Å². The van der Waals surface area contributed by atoms with Crippen molar-refractivity contribution in [3.8, 4) is 0 Å². The molecule has 0 aliphatic heterocycles. The van der Waals surface area contributed by atoms with Gasteiger partial charge >= 0.3 is 12.3 Å². The second-order valence-corrected chi connectivity index (χ2v) is 4.46. The highest BCUT2D eigenvalue weighted by molar-refractivity contribution is 4.77. The zero-order valence-electron chi connectivity index (χ0n) is 9.07. The molecule has 1 atom stereocenters. The summed E-state index contributed by atoms with van der Waals surface area (Å²) in [6, 6.07) is 0. The lowest BCUT2D eigenvalue weighted by Gasteiger charge is -2.30. The molecule has 1 unspecified atom stereocenters. The predicted molar refractivity (Wildman–Crippen MR) is 49.2 cm³/mol. The van der Waals surface area contributed by atoms with E-state index in [1.807, 2.05) is 0 Å². The molecule has 0 radical (unpaired) electrons. The standard InChI is InChI=1S/C9H17F4NO/c1-8(2,3)6(4-14)15-5-9(12,13)7(10)11/h6-7H,4-5,14H2,1-3H3. The maximum Gasteiger partial charge on any atom is 0.330 e. The van der Waals surface area contributed by atoms with Crippen molar-refractivity contribution in [2.45, 2.75) is 39.2 Å². The third kappa shape index (κ3) is 4.79. The van der Waals surface area contributed by atoms with Gasteiger partial charge in [0.2, 0.25) is 0 Å². The molecule has 0 aromatic carbocycles. The molecule has 0 fully saturated rings. The molecule has 0 saturated heterocycles. The van der Waals surface area contributed by atoms with Gasteiger partial charge in [0.05, 0.1) is 6.10 Å². The number of rotatable bonds is 5. The first-order valence-electron chi connectivity index (χ1n) is 4.59. The molecular formula is C9H17F4NO. The van der Waals surface area contributed by atoms with Gasteiger partial charge in [0.25, 0.3) is 0 Å². The van der Waals surface area contributed by atoms with Crippen LogP contribution < -0.4 is 5.73 Å². The summed E-state index contributed by atoms with van der Waals surface area (Å²) in [6.07, 6.45) is -4.38. The Labute approximate surface area is 86.8 Å². The normalized spacial score (nSPS) is 15.8. The number of alkyl halides is 4. The van der Waals surface area contributed by atoms with Crippen LogP contribution in [-0.4, -0.2) is 31.6 Å². The topological polar surface area (TPSA) is 35.2 Å². The Bertz CT molecular complexity index is 191. The number of halogens is 4. The van der Waals surface area contributed by atoms with Crippen molar-refractivity contribution in [3.05, 3.63) is 0 Å². The van der Waals surface area contributed by atoms with Crippen LogP contribution >= 0.6 is 0 Å². The van der Waals surface area contributed by atoms with Gasteiger partial charge in [0.15, 0.2) is 0 Å². The van der Waals surface area contributed by atoms with Gasteiger partial charge in [0.1, 0.15) is 6.61 Å². The molecule has 0 rings (SSSR count). The van der Waals surface area contributed by atoms with Crippen molar-refractivity contribution in [1.82, 2.24) is 0 Å². The maximum absolute atomic E-state index is 12.5. The van der Waals surface area contributed by atoms with E-state index in [4.69, 9.17) is 10.5 Å². The fraction of sp³-hybridized carbons (Fsp3) is 1.00. The minimum absolute atomic E-state index is 0.0167. The minimum atomic E-state index is -4.11. The van der Waals surface area contributed by atoms with E-state index in [0.717, 1.165) is 0 Å². The Morgan fingerprint density at radius 2 is 1.67 bits per heavy atom. The van der Waals surface area contributed by atoms with E-state index in [-0.39, 0.29) is 6.54 Å². The molecule has 0 bridgehead atoms. The molecule has 0 aromatic heterocycles. The van der Waals surface area contributed by atoms with E-state index in [0.29, 0.717) is 0 Å². The lowest BCUT2D eigenvalue weighted by Crippen LogP contribution is -2.41. The Morgan fingerprint density at radius 1 is 1.20 bits per heavy atom. The molecule has 6 heteroatoms. The first-order valence-corrected chi connectivity index (χ1v) is 4.59. The van der Waals surface area contributed by atoms with Crippen LogP contribution in [0.25, 0.3) is 0 Å². The molecule has 0 spiro atoms.